The van der Waals surface area contributed by atoms with Crippen LogP contribution in [0.4, 0.5) is 0 Å². The number of ether oxygens (including phenoxy) is 1. The second-order valence-corrected chi connectivity index (χ2v) is 6.86. The van der Waals surface area contributed by atoms with E-state index >= 15 is 0 Å². The van der Waals surface area contributed by atoms with E-state index in [1.54, 1.807) is 6.26 Å². The van der Waals surface area contributed by atoms with Crippen molar-refractivity contribution in [2.75, 3.05) is 6.54 Å². The molecule has 3 nitrogen and oxygen atoms in total. The lowest BCUT2D eigenvalue weighted by atomic mass is 9.93. The van der Waals surface area contributed by atoms with Crippen LogP contribution in [-0.2, 0) is 6.54 Å². The second kappa shape index (κ2) is 9.25. The Bertz CT molecular complexity index is 749. The van der Waals surface area contributed by atoms with Gasteiger partial charge in [-0.3, -0.25) is 0 Å². The Morgan fingerprint density at radius 2 is 1.69 bits per heavy atom. The van der Waals surface area contributed by atoms with Gasteiger partial charge in [-0.2, -0.15) is 0 Å². The molecule has 0 spiro atoms. The van der Waals surface area contributed by atoms with Gasteiger partial charge in [0.25, 0.3) is 0 Å². The van der Waals surface area contributed by atoms with Crippen LogP contribution in [0.25, 0.3) is 0 Å². The molecule has 26 heavy (non-hydrogen) atoms. The molecule has 0 aliphatic rings. The van der Waals surface area contributed by atoms with E-state index in [1.165, 1.54) is 11.1 Å². The van der Waals surface area contributed by atoms with Crippen LogP contribution in [0.15, 0.2) is 77.4 Å². The molecule has 0 radical (unpaired) electrons. The molecule has 0 aliphatic carbocycles. The molecule has 136 valence electrons. The Balaban J connectivity index is 1.52. The van der Waals surface area contributed by atoms with Gasteiger partial charge >= 0.3 is 0 Å². The van der Waals surface area contributed by atoms with Crippen molar-refractivity contribution in [2.24, 2.45) is 0 Å². The smallest absolute Gasteiger partial charge is 0.119 e. The number of benzene rings is 2. The predicted molar refractivity (Wildman–Crippen MR) is 104 cm³/mol. The molecule has 3 heteroatoms. The topological polar surface area (TPSA) is 39.0 Å². The first-order valence-electron chi connectivity index (χ1n) is 9.38. The minimum absolute atomic E-state index is 0.212. The van der Waals surface area contributed by atoms with Crippen molar-refractivity contribution in [2.45, 2.75) is 38.8 Å². The summed E-state index contributed by atoms with van der Waals surface area (Å²) in [5, 5.41) is 2.36. The van der Waals surface area contributed by atoms with Gasteiger partial charge in [0, 0.05) is 17.9 Å². The first-order valence-corrected chi connectivity index (χ1v) is 9.38. The highest BCUT2D eigenvalue weighted by atomic mass is 16.5. The van der Waals surface area contributed by atoms with Crippen LogP contribution in [0, 0.1) is 0 Å². The average Bonchev–Trinajstić information content (AvgIpc) is 3.18. The molecule has 0 amide bonds. The van der Waals surface area contributed by atoms with Crippen molar-refractivity contribution in [3.05, 3.63) is 89.9 Å². The molecule has 0 aliphatic heterocycles. The monoisotopic (exact) mass is 350 g/mol. The van der Waals surface area contributed by atoms with Crippen LogP contribution in [0.2, 0.25) is 0 Å². The van der Waals surface area contributed by atoms with Crippen molar-refractivity contribution in [1.29, 1.82) is 0 Å². The molecule has 0 bridgehead atoms. The van der Waals surface area contributed by atoms with Crippen LogP contribution in [0.3, 0.4) is 0 Å². The molecule has 0 saturated heterocycles. The summed E-state index contributed by atoms with van der Waals surface area (Å²) in [6.07, 6.45) is 3.02. The van der Waals surface area contributed by atoms with Crippen molar-refractivity contribution in [3.8, 4) is 5.75 Å². The lowest BCUT2D eigenvalue weighted by Gasteiger charge is -2.14. The number of hydrogen-bond acceptors (Lipinski definition) is 2. The van der Waals surface area contributed by atoms with Gasteiger partial charge in [0.2, 0.25) is 0 Å². The zero-order valence-electron chi connectivity index (χ0n) is 15.6. The number of furan rings is 1. The fourth-order valence-corrected chi connectivity index (χ4v) is 3.18. The number of hydrogen-bond donors (Lipinski definition) is 1. The van der Waals surface area contributed by atoms with Crippen LogP contribution < -0.4 is 10.1 Å². The van der Waals surface area contributed by atoms with Crippen molar-refractivity contribution < 1.29 is 14.5 Å². The molecule has 2 aromatic carbocycles. The Morgan fingerprint density at radius 1 is 0.923 bits per heavy atom. The molecule has 1 aromatic heterocycles. The summed E-state index contributed by atoms with van der Waals surface area (Å²) in [5.74, 6) is 2.29. The number of quaternary nitrogens is 1. The molecule has 0 saturated carbocycles. The summed E-state index contributed by atoms with van der Waals surface area (Å²) in [7, 11) is 0. The van der Waals surface area contributed by atoms with E-state index in [9.17, 15) is 0 Å². The Morgan fingerprint density at radius 3 is 2.35 bits per heavy atom. The lowest BCUT2D eigenvalue weighted by molar-refractivity contribution is -0.671. The predicted octanol–water partition coefficient (Wildman–Crippen LogP) is 4.35. The summed E-state index contributed by atoms with van der Waals surface area (Å²) in [4.78, 5) is 0. The largest absolute Gasteiger partial charge is 0.491 e. The highest BCUT2D eigenvalue weighted by molar-refractivity contribution is 5.28. The summed E-state index contributed by atoms with van der Waals surface area (Å²) < 4.78 is 11.4. The lowest BCUT2D eigenvalue weighted by Crippen LogP contribution is -2.82. The standard InChI is InChI=1S/C23H27NO2/c1-18(2)26-21-12-10-19(11-13-21)17-24-15-14-22(23-9-6-16-25-23)20-7-4-3-5-8-20/h3-13,16,18,22,24H,14-15,17H2,1-2H3/p+1/t22-/m0/s1. The van der Waals surface area contributed by atoms with Gasteiger partial charge in [0.15, 0.2) is 0 Å². The van der Waals surface area contributed by atoms with E-state index in [0.717, 1.165) is 31.0 Å². The van der Waals surface area contributed by atoms with Crippen molar-refractivity contribution >= 4 is 0 Å². The molecule has 3 aromatic rings. The molecule has 2 N–H and O–H groups in total. The molecule has 0 fully saturated rings. The maximum Gasteiger partial charge on any atom is 0.119 e. The minimum atomic E-state index is 0.212. The van der Waals surface area contributed by atoms with Crippen molar-refractivity contribution in [1.82, 2.24) is 0 Å². The highest BCUT2D eigenvalue weighted by Crippen LogP contribution is 2.27. The van der Waals surface area contributed by atoms with Gasteiger partial charge < -0.3 is 14.5 Å². The van der Waals surface area contributed by atoms with E-state index in [1.807, 2.05) is 19.9 Å². The summed E-state index contributed by atoms with van der Waals surface area (Å²) in [5.41, 5.74) is 2.63. The van der Waals surface area contributed by atoms with Crippen LogP contribution in [-0.4, -0.2) is 12.6 Å². The third-order valence-corrected chi connectivity index (χ3v) is 4.42. The van der Waals surface area contributed by atoms with Crippen molar-refractivity contribution in [3.63, 3.8) is 0 Å². The second-order valence-electron chi connectivity index (χ2n) is 6.86. The molecule has 1 heterocycles. The normalized spacial score (nSPS) is 12.3. The van der Waals surface area contributed by atoms with Crippen LogP contribution >= 0.6 is 0 Å². The van der Waals surface area contributed by atoms with E-state index in [2.05, 4.69) is 66.0 Å². The zero-order chi connectivity index (χ0) is 18.2. The third kappa shape index (κ3) is 5.24. The van der Waals surface area contributed by atoms with E-state index in [4.69, 9.17) is 9.15 Å². The Labute approximate surface area is 156 Å². The van der Waals surface area contributed by atoms with Gasteiger partial charge in [-0.1, -0.05) is 30.3 Å². The molecule has 1 atom stereocenters. The first kappa shape index (κ1) is 18.3. The quantitative estimate of drug-likeness (QED) is 0.583. The maximum atomic E-state index is 5.70. The third-order valence-electron chi connectivity index (χ3n) is 4.42. The van der Waals surface area contributed by atoms with Gasteiger partial charge in [0.1, 0.15) is 18.1 Å². The summed E-state index contributed by atoms with van der Waals surface area (Å²) >= 11 is 0. The van der Waals surface area contributed by atoms with Crippen LogP contribution in [0.1, 0.15) is 43.1 Å². The van der Waals surface area contributed by atoms with E-state index in [0.29, 0.717) is 5.92 Å². The molecule has 0 unspecified atom stereocenters. The SMILES string of the molecule is CC(C)Oc1ccc(C[NH2+]CC[C@@H](c2ccccc2)c2ccco2)cc1. The summed E-state index contributed by atoms with van der Waals surface area (Å²) in [6.45, 7) is 6.11. The van der Waals surface area contributed by atoms with Gasteiger partial charge in [-0.25, -0.2) is 0 Å². The summed E-state index contributed by atoms with van der Waals surface area (Å²) in [6, 6.07) is 23.1. The van der Waals surface area contributed by atoms with E-state index < -0.39 is 0 Å². The number of rotatable bonds is 9. The average molecular weight is 350 g/mol. The van der Waals surface area contributed by atoms with Gasteiger partial charge in [-0.05, 0) is 55.8 Å². The number of nitrogens with two attached hydrogens (primary N) is 1. The maximum absolute atomic E-state index is 5.70. The molecular weight excluding hydrogens is 322 g/mol. The van der Waals surface area contributed by atoms with Gasteiger partial charge in [0.05, 0.1) is 18.9 Å². The highest BCUT2D eigenvalue weighted by Gasteiger charge is 2.17. The minimum Gasteiger partial charge on any atom is -0.491 e. The van der Waals surface area contributed by atoms with Gasteiger partial charge in [-0.15, -0.1) is 0 Å². The van der Waals surface area contributed by atoms with Crippen LogP contribution in [0.5, 0.6) is 5.75 Å². The Kier molecular flexibility index (Phi) is 6.50. The van der Waals surface area contributed by atoms with E-state index in [-0.39, 0.29) is 6.10 Å². The molecular formula is C23H28NO2+. The fraction of sp³-hybridized carbons (Fsp3) is 0.304. The molecule has 3 rings (SSSR count). The first-order chi connectivity index (χ1) is 12.7. The Hall–Kier alpha value is -2.52. The fourth-order valence-electron chi connectivity index (χ4n) is 3.18. The zero-order valence-corrected chi connectivity index (χ0v) is 15.6.